The van der Waals surface area contributed by atoms with E-state index < -0.39 is 11.6 Å². The number of anilines is 1. The second kappa shape index (κ2) is 4.99. The molecule has 0 radical (unpaired) electrons. The maximum atomic E-state index is 13.2. The molecule has 0 bridgehead atoms. The van der Waals surface area contributed by atoms with E-state index in [1.807, 2.05) is 11.5 Å². The van der Waals surface area contributed by atoms with E-state index in [1.54, 1.807) is 0 Å². The van der Waals surface area contributed by atoms with Gasteiger partial charge in [-0.1, -0.05) is 13.8 Å². The Bertz CT molecular complexity index is 583. The molecule has 2 aromatic rings. The molecule has 1 aromatic heterocycles. The fourth-order valence-corrected chi connectivity index (χ4v) is 2.08. The standard InChI is InChI=1S/C14H17F2N3/c1-8(2)7-19-9(3)18-13(14(19)17)10-4-11(15)6-12(16)5-10/h4-6,8H,7,17H2,1-3H3. The molecule has 2 N–H and O–H groups in total. The van der Waals surface area contributed by atoms with Crippen LogP contribution in [0, 0.1) is 24.5 Å². The molecule has 0 unspecified atom stereocenters. The molecule has 3 nitrogen and oxygen atoms in total. The van der Waals surface area contributed by atoms with Gasteiger partial charge in [-0.15, -0.1) is 0 Å². The van der Waals surface area contributed by atoms with Gasteiger partial charge in [0.1, 0.15) is 29.0 Å². The lowest BCUT2D eigenvalue weighted by Crippen LogP contribution is -2.09. The molecule has 0 saturated carbocycles. The Balaban J connectivity index is 2.51. The second-order valence-corrected chi connectivity index (χ2v) is 5.06. The Hall–Kier alpha value is -1.91. The summed E-state index contributed by atoms with van der Waals surface area (Å²) in [6, 6.07) is 3.31. The number of nitrogen functional groups attached to an aromatic ring is 1. The molecule has 2 rings (SSSR count). The quantitative estimate of drug-likeness (QED) is 0.924. The Kier molecular flexibility index (Phi) is 3.55. The lowest BCUT2D eigenvalue weighted by molar-refractivity contribution is 0.518. The highest BCUT2D eigenvalue weighted by atomic mass is 19.1. The molecule has 0 spiro atoms. The van der Waals surface area contributed by atoms with Crippen LogP contribution in [0.4, 0.5) is 14.6 Å². The number of halogens is 2. The highest BCUT2D eigenvalue weighted by Gasteiger charge is 2.15. The highest BCUT2D eigenvalue weighted by molar-refractivity contribution is 5.71. The van der Waals surface area contributed by atoms with E-state index in [9.17, 15) is 8.78 Å². The Labute approximate surface area is 111 Å². The van der Waals surface area contributed by atoms with Crippen LogP contribution in [-0.2, 0) is 6.54 Å². The van der Waals surface area contributed by atoms with E-state index >= 15 is 0 Å². The van der Waals surface area contributed by atoms with Crippen LogP contribution in [0.3, 0.4) is 0 Å². The van der Waals surface area contributed by atoms with Gasteiger partial charge in [0.15, 0.2) is 0 Å². The summed E-state index contributed by atoms with van der Waals surface area (Å²) in [7, 11) is 0. The number of aromatic nitrogens is 2. The minimum absolute atomic E-state index is 0.362. The first kappa shape index (κ1) is 13.5. The average Bonchev–Trinajstić information content (AvgIpc) is 2.55. The number of hydrogen-bond donors (Lipinski definition) is 1. The van der Waals surface area contributed by atoms with Crippen LogP contribution in [0.2, 0.25) is 0 Å². The first-order valence-electron chi connectivity index (χ1n) is 6.17. The normalized spacial score (nSPS) is 11.3. The number of imidazole rings is 1. The van der Waals surface area contributed by atoms with Gasteiger partial charge < -0.3 is 10.3 Å². The van der Waals surface area contributed by atoms with Gasteiger partial charge in [-0.05, 0) is 25.0 Å². The minimum atomic E-state index is -0.634. The Morgan fingerprint density at radius 2 is 1.79 bits per heavy atom. The summed E-state index contributed by atoms with van der Waals surface area (Å²) < 4.78 is 28.4. The van der Waals surface area contributed by atoms with E-state index in [-0.39, 0.29) is 0 Å². The zero-order valence-corrected chi connectivity index (χ0v) is 11.2. The molecule has 0 atom stereocenters. The number of aryl methyl sites for hydroxylation is 1. The molecule has 0 aliphatic carbocycles. The van der Waals surface area contributed by atoms with Gasteiger partial charge in [0.05, 0.1) is 0 Å². The molecule has 1 heterocycles. The van der Waals surface area contributed by atoms with Crippen LogP contribution in [0.1, 0.15) is 19.7 Å². The van der Waals surface area contributed by atoms with Gasteiger partial charge >= 0.3 is 0 Å². The van der Waals surface area contributed by atoms with E-state index in [0.717, 1.165) is 18.4 Å². The summed E-state index contributed by atoms with van der Waals surface area (Å²) in [5.74, 6) is 0.324. The summed E-state index contributed by atoms with van der Waals surface area (Å²) in [5, 5.41) is 0. The van der Waals surface area contributed by atoms with Crippen LogP contribution in [0.25, 0.3) is 11.3 Å². The van der Waals surface area contributed by atoms with Crippen molar-refractivity contribution < 1.29 is 8.78 Å². The van der Waals surface area contributed by atoms with Crippen molar-refractivity contribution in [3.05, 3.63) is 35.7 Å². The van der Waals surface area contributed by atoms with E-state index in [4.69, 9.17) is 5.73 Å². The average molecular weight is 265 g/mol. The van der Waals surface area contributed by atoms with Crippen LogP contribution < -0.4 is 5.73 Å². The molecule has 19 heavy (non-hydrogen) atoms. The molecule has 1 aromatic carbocycles. The third-order valence-corrected chi connectivity index (χ3v) is 2.88. The zero-order valence-electron chi connectivity index (χ0n) is 11.2. The second-order valence-electron chi connectivity index (χ2n) is 5.06. The fourth-order valence-electron chi connectivity index (χ4n) is 2.08. The van der Waals surface area contributed by atoms with Crippen molar-refractivity contribution in [2.24, 2.45) is 5.92 Å². The van der Waals surface area contributed by atoms with E-state index in [1.165, 1.54) is 12.1 Å². The van der Waals surface area contributed by atoms with E-state index in [2.05, 4.69) is 18.8 Å². The number of nitrogens with zero attached hydrogens (tertiary/aromatic N) is 2. The molecule has 102 valence electrons. The monoisotopic (exact) mass is 265 g/mol. The molecule has 0 aliphatic rings. The molecule has 5 heteroatoms. The molecular weight excluding hydrogens is 248 g/mol. The van der Waals surface area contributed by atoms with Crippen LogP contribution >= 0.6 is 0 Å². The number of rotatable bonds is 3. The summed E-state index contributed by atoms with van der Waals surface area (Å²) in [4.78, 5) is 4.32. The fraction of sp³-hybridized carbons (Fsp3) is 0.357. The van der Waals surface area contributed by atoms with Crippen molar-refractivity contribution in [2.75, 3.05) is 5.73 Å². The summed E-state index contributed by atoms with van der Waals surface area (Å²) >= 11 is 0. The van der Waals surface area contributed by atoms with Crippen molar-refractivity contribution in [1.29, 1.82) is 0 Å². The molecular formula is C14H17F2N3. The van der Waals surface area contributed by atoms with E-state index in [0.29, 0.717) is 23.0 Å². The van der Waals surface area contributed by atoms with Gasteiger partial charge in [0.25, 0.3) is 0 Å². The van der Waals surface area contributed by atoms with Crippen molar-refractivity contribution >= 4 is 5.82 Å². The van der Waals surface area contributed by atoms with Crippen LogP contribution in [-0.4, -0.2) is 9.55 Å². The number of benzene rings is 1. The first-order valence-corrected chi connectivity index (χ1v) is 6.17. The predicted octanol–water partition coefficient (Wildman–Crippen LogP) is 3.37. The minimum Gasteiger partial charge on any atom is -0.383 e. The third-order valence-electron chi connectivity index (χ3n) is 2.88. The molecule has 0 saturated heterocycles. The van der Waals surface area contributed by atoms with Gasteiger partial charge in [-0.2, -0.15) is 0 Å². The third kappa shape index (κ3) is 2.75. The van der Waals surface area contributed by atoms with Crippen molar-refractivity contribution in [3.63, 3.8) is 0 Å². The molecule has 0 aliphatic heterocycles. The Morgan fingerprint density at radius 1 is 1.21 bits per heavy atom. The van der Waals surface area contributed by atoms with Gasteiger partial charge in [-0.3, -0.25) is 0 Å². The lowest BCUT2D eigenvalue weighted by atomic mass is 10.1. The zero-order chi connectivity index (χ0) is 14.2. The number of nitrogens with two attached hydrogens (primary N) is 1. The lowest BCUT2D eigenvalue weighted by Gasteiger charge is -2.10. The van der Waals surface area contributed by atoms with Gasteiger partial charge in [0.2, 0.25) is 0 Å². The maximum absolute atomic E-state index is 13.2. The molecule has 0 fully saturated rings. The van der Waals surface area contributed by atoms with Crippen molar-refractivity contribution in [1.82, 2.24) is 9.55 Å². The predicted molar refractivity (Wildman–Crippen MR) is 71.6 cm³/mol. The first-order chi connectivity index (χ1) is 8.88. The SMILES string of the molecule is Cc1nc(-c2cc(F)cc(F)c2)c(N)n1CC(C)C. The number of hydrogen-bond acceptors (Lipinski definition) is 2. The van der Waals surface area contributed by atoms with Gasteiger partial charge in [0, 0.05) is 18.2 Å². The summed E-state index contributed by atoms with van der Waals surface area (Å²) in [6.07, 6.45) is 0. The molecule has 0 amide bonds. The Morgan fingerprint density at radius 3 is 2.32 bits per heavy atom. The van der Waals surface area contributed by atoms with Crippen LogP contribution in [0.15, 0.2) is 18.2 Å². The van der Waals surface area contributed by atoms with Crippen molar-refractivity contribution in [2.45, 2.75) is 27.3 Å². The maximum Gasteiger partial charge on any atom is 0.131 e. The van der Waals surface area contributed by atoms with Crippen LogP contribution in [0.5, 0.6) is 0 Å². The summed E-state index contributed by atoms with van der Waals surface area (Å²) in [6.45, 7) is 6.70. The van der Waals surface area contributed by atoms with Crippen molar-refractivity contribution in [3.8, 4) is 11.3 Å². The van der Waals surface area contributed by atoms with Gasteiger partial charge in [-0.25, -0.2) is 13.8 Å². The topological polar surface area (TPSA) is 43.8 Å². The largest absolute Gasteiger partial charge is 0.383 e. The summed E-state index contributed by atoms with van der Waals surface area (Å²) in [5.41, 5.74) is 6.83. The highest BCUT2D eigenvalue weighted by Crippen LogP contribution is 2.28. The smallest absolute Gasteiger partial charge is 0.131 e.